The number of nitrogens with one attached hydrogen (secondary N) is 1. The lowest BCUT2D eigenvalue weighted by molar-refractivity contribution is 0.484. The topological polar surface area (TPSA) is 55.4 Å². The van der Waals surface area contributed by atoms with E-state index in [0.717, 1.165) is 11.8 Å². The third kappa shape index (κ3) is 3.99. The molecule has 0 heterocycles. The van der Waals surface area contributed by atoms with Crippen molar-refractivity contribution >= 4 is 15.7 Å². The summed E-state index contributed by atoms with van der Waals surface area (Å²) in [6, 6.07) is 14.6. The summed E-state index contributed by atoms with van der Waals surface area (Å²) < 4.78 is 30.8. The second kappa shape index (κ2) is 5.32. The van der Waals surface area contributed by atoms with Crippen LogP contribution in [0.1, 0.15) is 5.56 Å². The zero-order valence-corrected chi connectivity index (χ0v) is 11.6. The van der Waals surface area contributed by atoms with Crippen LogP contribution in [0.3, 0.4) is 0 Å². The van der Waals surface area contributed by atoms with Crippen LogP contribution in [0.15, 0.2) is 48.5 Å². The molecule has 0 amide bonds. The van der Waals surface area contributed by atoms with Crippen LogP contribution in [-0.4, -0.2) is 14.7 Å². The SMILES string of the molecule is Cc1ccc(Oc2ccccc2)c(NS(C)(=O)=O)c1. The van der Waals surface area contributed by atoms with E-state index in [9.17, 15) is 8.42 Å². The van der Waals surface area contributed by atoms with Crippen molar-refractivity contribution in [3.63, 3.8) is 0 Å². The van der Waals surface area contributed by atoms with Crippen LogP contribution in [0.4, 0.5) is 5.69 Å². The molecular weight excluding hydrogens is 262 g/mol. The number of rotatable bonds is 4. The van der Waals surface area contributed by atoms with E-state index in [1.165, 1.54) is 0 Å². The Morgan fingerprint density at radius 2 is 1.74 bits per heavy atom. The van der Waals surface area contributed by atoms with Gasteiger partial charge in [0.05, 0.1) is 11.9 Å². The van der Waals surface area contributed by atoms with Gasteiger partial charge in [0.2, 0.25) is 10.0 Å². The number of benzene rings is 2. The molecule has 0 spiro atoms. The van der Waals surface area contributed by atoms with E-state index in [0.29, 0.717) is 17.2 Å². The number of hydrogen-bond donors (Lipinski definition) is 1. The molecule has 0 aliphatic heterocycles. The Balaban J connectivity index is 2.34. The van der Waals surface area contributed by atoms with E-state index in [-0.39, 0.29) is 0 Å². The van der Waals surface area contributed by atoms with E-state index < -0.39 is 10.0 Å². The third-order valence-corrected chi connectivity index (χ3v) is 2.99. The molecule has 0 radical (unpaired) electrons. The first-order valence-electron chi connectivity index (χ1n) is 5.75. The van der Waals surface area contributed by atoms with Gasteiger partial charge < -0.3 is 4.74 Å². The fraction of sp³-hybridized carbons (Fsp3) is 0.143. The molecule has 100 valence electrons. The Morgan fingerprint density at radius 1 is 1.05 bits per heavy atom. The van der Waals surface area contributed by atoms with Crippen LogP contribution in [0.25, 0.3) is 0 Å². The van der Waals surface area contributed by atoms with Crippen molar-refractivity contribution in [1.29, 1.82) is 0 Å². The van der Waals surface area contributed by atoms with Crippen LogP contribution >= 0.6 is 0 Å². The fourth-order valence-electron chi connectivity index (χ4n) is 1.63. The Bertz CT molecular complexity index is 666. The molecule has 0 aliphatic rings. The van der Waals surface area contributed by atoms with Crippen LogP contribution in [-0.2, 0) is 10.0 Å². The van der Waals surface area contributed by atoms with Gasteiger partial charge in [-0.15, -0.1) is 0 Å². The highest BCUT2D eigenvalue weighted by atomic mass is 32.2. The highest BCUT2D eigenvalue weighted by Crippen LogP contribution is 2.30. The number of ether oxygens (including phenoxy) is 1. The van der Waals surface area contributed by atoms with Gasteiger partial charge in [-0.05, 0) is 36.8 Å². The van der Waals surface area contributed by atoms with Crippen molar-refractivity contribution in [2.24, 2.45) is 0 Å². The molecule has 0 fully saturated rings. The monoisotopic (exact) mass is 277 g/mol. The Kier molecular flexibility index (Phi) is 3.76. The number of anilines is 1. The number of sulfonamides is 1. The molecule has 4 nitrogen and oxygen atoms in total. The molecule has 0 aromatic heterocycles. The Hall–Kier alpha value is -2.01. The van der Waals surface area contributed by atoms with Crippen LogP contribution in [0.2, 0.25) is 0 Å². The van der Waals surface area contributed by atoms with Gasteiger partial charge in [0.25, 0.3) is 0 Å². The molecule has 2 aromatic rings. The standard InChI is InChI=1S/C14H15NO3S/c1-11-8-9-14(13(10-11)15-19(2,16)17)18-12-6-4-3-5-7-12/h3-10,15H,1-2H3. The summed E-state index contributed by atoms with van der Waals surface area (Å²) in [6.45, 7) is 1.89. The van der Waals surface area contributed by atoms with Gasteiger partial charge >= 0.3 is 0 Å². The number of hydrogen-bond acceptors (Lipinski definition) is 3. The Morgan fingerprint density at radius 3 is 2.37 bits per heavy atom. The summed E-state index contributed by atoms with van der Waals surface area (Å²) in [6.07, 6.45) is 1.11. The zero-order chi connectivity index (χ0) is 13.9. The lowest BCUT2D eigenvalue weighted by Crippen LogP contribution is -2.10. The predicted octanol–water partition coefficient (Wildman–Crippen LogP) is 3.16. The quantitative estimate of drug-likeness (QED) is 0.934. The van der Waals surface area contributed by atoms with Crippen molar-refractivity contribution in [1.82, 2.24) is 0 Å². The summed E-state index contributed by atoms with van der Waals surface area (Å²) in [7, 11) is -3.34. The third-order valence-electron chi connectivity index (χ3n) is 2.40. The van der Waals surface area contributed by atoms with Gasteiger partial charge in [-0.1, -0.05) is 24.3 Å². The molecular formula is C14H15NO3S. The second-order valence-electron chi connectivity index (χ2n) is 4.29. The lowest BCUT2D eigenvalue weighted by atomic mass is 10.2. The molecule has 5 heteroatoms. The van der Waals surface area contributed by atoms with Gasteiger partial charge in [0.15, 0.2) is 5.75 Å². The molecule has 0 unspecified atom stereocenters. The molecule has 0 saturated carbocycles. The van der Waals surface area contributed by atoms with Gasteiger partial charge in [-0.3, -0.25) is 4.72 Å². The highest BCUT2D eigenvalue weighted by Gasteiger charge is 2.09. The van der Waals surface area contributed by atoms with Gasteiger partial charge in [0.1, 0.15) is 5.75 Å². The van der Waals surface area contributed by atoms with E-state index in [4.69, 9.17) is 4.74 Å². The van der Waals surface area contributed by atoms with E-state index in [1.807, 2.05) is 43.3 Å². The predicted molar refractivity (Wildman–Crippen MR) is 76.2 cm³/mol. The Labute approximate surface area is 113 Å². The van der Waals surface area contributed by atoms with Crippen molar-refractivity contribution in [2.75, 3.05) is 11.0 Å². The van der Waals surface area contributed by atoms with E-state index in [2.05, 4.69) is 4.72 Å². The van der Waals surface area contributed by atoms with Crippen molar-refractivity contribution in [3.05, 3.63) is 54.1 Å². The smallest absolute Gasteiger partial charge is 0.229 e. The maximum atomic E-state index is 11.3. The largest absolute Gasteiger partial charge is 0.455 e. The van der Waals surface area contributed by atoms with E-state index in [1.54, 1.807) is 12.1 Å². The molecule has 2 rings (SSSR count). The first-order valence-corrected chi connectivity index (χ1v) is 7.64. The maximum absolute atomic E-state index is 11.3. The first-order chi connectivity index (χ1) is 8.94. The fourth-order valence-corrected chi connectivity index (χ4v) is 2.19. The molecule has 0 aliphatic carbocycles. The van der Waals surface area contributed by atoms with Crippen molar-refractivity contribution < 1.29 is 13.2 Å². The molecule has 0 bridgehead atoms. The molecule has 19 heavy (non-hydrogen) atoms. The molecule has 2 aromatic carbocycles. The van der Waals surface area contributed by atoms with Crippen LogP contribution in [0.5, 0.6) is 11.5 Å². The molecule has 0 saturated heterocycles. The molecule has 1 N–H and O–H groups in total. The van der Waals surface area contributed by atoms with Gasteiger partial charge in [-0.2, -0.15) is 0 Å². The average Bonchev–Trinajstić information content (AvgIpc) is 2.32. The highest BCUT2D eigenvalue weighted by molar-refractivity contribution is 7.92. The summed E-state index contributed by atoms with van der Waals surface area (Å²) in [4.78, 5) is 0. The second-order valence-corrected chi connectivity index (χ2v) is 6.04. The van der Waals surface area contributed by atoms with Gasteiger partial charge in [-0.25, -0.2) is 8.42 Å². The summed E-state index contributed by atoms with van der Waals surface area (Å²) >= 11 is 0. The van der Waals surface area contributed by atoms with Crippen LogP contribution in [0, 0.1) is 6.92 Å². The normalized spacial score (nSPS) is 11.1. The van der Waals surface area contributed by atoms with Gasteiger partial charge in [0, 0.05) is 0 Å². The molecule has 0 atom stereocenters. The number of para-hydroxylation sites is 1. The minimum Gasteiger partial charge on any atom is -0.455 e. The first kappa shape index (κ1) is 13.4. The summed E-state index contributed by atoms with van der Waals surface area (Å²) in [5.74, 6) is 1.13. The number of aryl methyl sites for hydroxylation is 1. The van der Waals surface area contributed by atoms with Crippen molar-refractivity contribution in [2.45, 2.75) is 6.92 Å². The summed E-state index contributed by atoms with van der Waals surface area (Å²) in [5.41, 5.74) is 1.39. The van der Waals surface area contributed by atoms with Crippen molar-refractivity contribution in [3.8, 4) is 11.5 Å². The minimum absolute atomic E-state index is 0.436. The maximum Gasteiger partial charge on any atom is 0.229 e. The van der Waals surface area contributed by atoms with Crippen LogP contribution < -0.4 is 9.46 Å². The lowest BCUT2D eigenvalue weighted by Gasteiger charge is -2.12. The zero-order valence-electron chi connectivity index (χ0n) is 10.8. The average molecular weight is 277 g/mol. The summed E-state index contributed by atoms with van der Waals surface area (Å²) in [5, 5.41) is 0. The van der Waals surface area contributed by atoms with E-state index >= 15 is 0 Å². The minimum atomic E-state index is -3.34.